The third kappa shape index (κ3) is 3.12. The Morgan fingerprint density at radius 3 is 2.26 bits per heavy atom. The molecule has 2 aromatic carbocycles. The fourth-order valence-corrected chi connectivity index (χ4v) is 3.34. The molecule has 1 heterocycles. The average molecular weight is 328 g/mol. The van der Waals surface area contributed by atoms with Crippen molar-refractivity contribution in [3.63, 3.8) is 0 Å². The van der Waals surface area contributed by atoms with Crippen LogP contribution in [0.4, 0.5) is 5.69 Å². The van der Waals surface area contributed by atoms with E-state index in [1.807, 2.05) is 31.2 Å². The van der Waals surface area contributed by atoms with Gasteiger partial charge in [0.1, 0.15) is 11.4 Å². The molecule has 0 amide bonds. The fourth-order valence-electron chi connectivity index (χ4n) is 2.19. The van der Waals surface area contributed by atoms with Crippen molar-refractivity contribution in [2.24, 2.45) is 0 Å². The molecule has 0 spiro atoms. The van der Waals surface area contributed by atoms with Crippen molar-refractivity contribution in [3.8, 4) is 11.3 Å². The van der Waals surface area contributed by atoms with Gasteiger partial charge in [-0.15, -0.1) is 0 Å². The number of aromatic nitrogens is 1. The van der Waals surface area contributed by atoms with E-state index in [1.165, 1.54) is 12.1 Å². The number of hydrogen-bond donors (Lipinski definition) is 1. The minimum atomic E-state index is -3.69. The maximum atomic E-state index is 12.5. The second kappa shape index (κ2) is 5.89. The predicted octanol–water partition coefficient (Wildman–Crippen LogP) is 3.76. The van der Waals surface area contributed by atoms with Crippen LogP contribution in [-0.4, -0.2) is 13.6 Å². The Morgan fingerprint density at radius 2 is 1.61 bits per heavy atom. The monoisotopic (exact) mass is 328 g/mol. The molecule has 3 rings (SSSR count). The number of rotatable bonds is 4. The first-order valence-electron chi connectivity index (χ1n) is 7.08. The minimum Gasteiger partial charge on any atom is -0.359 e. The molecule has 0 aliphatic heterocycles. The Morgan fingerprint density at radius 1 is 0.957 bits per heavy atom. The molecule has 0 fully saturated rings. The van der Waals surface area contributed by atoms with Crippen LogP contribution < -0.4 is 4.72 Å². The largest absolute Gasteiger partial charge is 0.359 e. The summed E-state index contributed by atoms with van der Waals surface area (Å²) in [6.45, 7) is 3.66. The third-order valence-corrected chi connectivity index (χ3v) is 4.84. The topological polar surface area (TPSA) is 72.2 Å². The van der Waals surface area contributed by atoms with Crippen LogP contribution in [0, 0.1) is 13.8 Å². The summed E-state index contributed by atoms with van der Waals surface area (Å²) in [4.78, 5) is 0.190. The number of nitrogens with one attached hydrogen (secondary N) is 1. The standard InChI is InChI=1S/C17H16N2O3S/c1-12-8-10-14(11-9-12)17-16(13(2)22-18-17)19-23(20,21)15-6-4-3-5-7-15/h3-11,19H,1-2H3. The number of anilines is 1. The smallest absolute Gasteiger partial charge is 0.262 e. The van der Waals surface area contributed by atoms with Crippen LogP contribution in [0.25, 0.3) is 11.3 Å². The van der Waals surface area contributed by atoms with Crippen LogP contribution in [0.15, 0.2) is 64.0 Å². The zero-order valence-electron chi connectivity index (χ0n) is 12.8. The summed E-state index contributed by atoms with van der Waals surface area (Å²) in [7, 11) is -3.69. The second-order valence-corrected chi connectivity index (χ2v) is 6.93. The highest BCUT2D eigenvalue weighted by Gasteiger charge is 2.21. The quantitative estimate of drug-likeness (QED) is 0.791. The van der Waals surface area contributed by atoms with Gasteiger partial charge in [-0.1, -0.05) is 53.2 Å². The van der Waals surface area contributed by atoms with E-state index in [-0.39, 0.29) is 4.90 Å². The summed E-state index contributed by atoms with van der Waals surface area (Å²) in [5, 5.41) is 3.99. The van der Waals surface area contributed by atoms with Gasteiger partial charge < -0.3 is 4.52 Å². The number of aryl methyl sites for hydroxylation is 2. The molecular formula is C17H16N2O3S. The first-order chi connectivity index (χ1) is 11.0. The summed E-state index contributed by atoms with van der Waals surface area (Å²) >= 11 is 0. The molecule has 6 heteroatoms. The van der Waals surface area contributed by atoms with E-state index in [4.69, 9.17) is 4.52 Å². The van der Waals surface area contributed by atoms with E-state index in [1.54, 1.807) is 25.1 Å². The molecule has 118 valence electrons. The van der Waals surface area contributed by atoms with Crippen molar-refractivity contribution in [3.05, 3.63) is 65.9 Å². The van der Waals surface area contributed by atoms with Gasteiger partial charge in [-0.2, -0.15) is 0 Å². The Kier molecular flexibility index (Phi) is 3.92. The lowest BCUT2D eigenvalue weighted by Gasteiger charge is -2.08. The molecule has 0 aliphatic carbocycles. The van der Waals surface area contributed by atoms with Gasteiger partial charge in [0.05, 0.1) is 4.90 Å². The zero-order valence-corrected chi connectivity index (χ0v) is 13.6. The van der Waals surface area contributed by atoms with Crippen LogP contribution in [0.2, 0.25) is 0 Å². The molecule has 3 aromatic rings. The maximum Gasteiger partial charge on any atom is 0.262 e. The molecule has 23 heavy (non-hydrogen) atoms. The molecule has 0 aliphatic rings. The van der Waals surface area contributed by atoms with Crippen LogP contribution in [0.3, 0.4) is 0 Å². The first kappa shape index (κ1) is 15.3. The van der Waals surface area contributed by atoms with Crippen molar-refractivity contribution < 1.29 is 12.9 Å². The highest BCUT2D eigenvalue weighted by atomic mass is 32.2. The highest BCUT2D eigenvalue weighted by Crippen LogP contribution is 2.31. The van der Waals surface area contributed by atoms with Crippen molar-refractivity contribution in [2.75, 3.05) is 4.72 Å². The Labute approximate surface area is 135 Å². The Balaban J connectivity index is 2.01. The highest BCUT2D eigenvalue weighted by molar-refractivity contribution is 7.92. The lowest BCUT2D eigenvalue weighted by Crippen LogP contribution is -2.13. The number of sulfonamides is 1. The molecule has 0 unspecified atom stereocenters. The first-order valence-corrected chi connectivity index (χ1v) is 8.57. The number of hydrogen-bond acceptors (Lipinski definition) is 4. The van der Waals surface area contributed by atoms with E-state index in [9.17, 15) is 8.42 Å². The van der Waals surface area contributed by atoms with E-state index >= 15 is 0 Å². The normalized spacial score (nSPS) is 11.4. The average Bonchev–Trinajstić information content (AvgIpc) is 2.90. The molecule has 1 aromatic heterocycles. The van der Waals surface area contributed by atoms with Gasteiger partial charge in [0.25, 0.3) is 10.0 Å². The minimum absolute atomic E-state index is 0.190. The van der Waals surface area contributed by atoms with Crippen molar-refractivity contribution in [2.45, 2.75) is 18.7 Å². The van der Waals surface area contributed by atoms with E-state index < -0.39 is 10.0 Å². The van der Waals surface area contributed by atoms with Gasteiger partial charge in [0.2, 0.25) is 0 Å². The van der Waals surface area contributed by atoms with Crippen LogP contribution >= 0.6 is 0 Å². The lowest BCUT2D eigenvalue weighted by atomic mass is 10.1. The molecule has 1 N–H and O–H groups in total. The summed E-state index contributed by atoms with van der Waals surface area (Å²) < 4.78 is 32.8. The fraction of sp³-hybridized carbons (Fsp3) is 0.118. The number of nitrogens with zero attached hydrogens (tertiary/aromatic N) is 1. The molecule has 5 nitrogen and oxygen atoms in total. The van der Waals surface area contributed by atoms with Crippen LogP contribution in [0.5, 0.6) is 0 Å². The Hall–Kier alpha value is -2.60. The zero-order chi connectivity index (χ0) is 16.4. The van der Waals surface area contributed by atoms with Gasteiger partial charge >= 0.3 is 0 Å². The molecule has 0 bridgehead atoms. The van der Waals surface area contributed by atoms with Gasteiger partial charge in [0, 0.05) is 5.56 Å². The third-order valence-electron chi connectivity index (χ3n) is 3.48. The summed E-state index contributed by atoms with van der Waals surface area (Å²) in [6, 6.07) is 15.8. The Bertz CT molecular complexity index is 914. The lowest BCUT2D eigenvalue weighted by molar-refractivity contribution is 0.400. The van der Waals surface area contributed by atoms with Crippen molar-refractivity contribution in [1.82, 2.24) is 5.16 Å². The van der Waals surface area contributed by atoms with Gasteiger partial charge in [0.15, 0.2) is 5.76 Å². The van der Waals surface area contributed by atoms with Crippen molar-refractivity contribution in [1.29, 1.82) is 0 Å². The maximum absolute atomic E-state index is 12.5. The summed E-state index contributed by atoms with van der Waals surface area (Å²) in [6.07, 6.45) is 0. The molecule has 0 radical (unpaired) electrons. The summed E-state index contributed by atoms with van der Waals surface area (Å²) in [5.41, 5.74) is 2.73. The number of benzene rings is 2. The predicted molar refractivity (Wildman–Crippen MR) is 88.7 cm³/mol. The molecular weight excluding hydrogens is 312 g/mol. The van der Waals surface area contributed by atoms with Crippen LogP contribution in [0.1, 0.15) is 11.3 Å². The van der Waals surface area contributed by atoms with Crippen LogP contribution in [-0.2, 0) is 10.0 Å². The van der Waals surface area contributed by atoms with E-state index in [2.05, 4.69) is 9.88 Å². The van der Waals surface area contributed by atoms with Gasteiger partial charge in [-0.3, -0.25) is 4.72 Å². The molecule has 0 atom stereocenters. The second-order valence-electron chi connectivity index (χ2n) is 5.25. The van der Waals surface area contributed by atoms with Gasteiger partial charge in [-0.25, -0.2) is 8.42 Å². The molecule has 0 saturated carbocycles. The SMILES string of the molecule is Cc1ccc(-c2noc(C)c2NS(=O)(=O)c2ccccc2)cc1. The van der Waals surface area contributed by atoms with Gasteiger partial charge in [-0.05, 0) is 26.0 Å². The van der Waals surface area contributed by atoms with E-state index in [0.29, 0.717) is 17.1 Å². The summed E-state index contributed by atoms with van der Waals surface area (Å²) in [5.74, 6) is 0.417. The van der Waals surface area contributed by atoms with E-state index in [0.717, 1.165) is 11.1 Å². The molecule has 0 saturated heterocycles. The van der Waals surface area contributed by atoms with Crippen molar-refractivity contribution >= 4 is 15.7 Å².